The fourth-order valence-electron chi connectivity index (χ4n) is 4.87. The van der Waals surface area contributed by atoms with Gasteiger partial charge in [0, 0.05) is 0 Å². The maximum Gasteiger partial charge on any atom is 0.0800 e. The summed E-state index contributed by atoms with van der Waals surface area (Å²) in [7, 11) is 0. The average molecular weight is 475 g/mol. The van der Waals surface area contributed by atoms with Crippen LogP contribution in [0.25, 0.3) is 0 Å². The van der Waals surface area contributed by atoms with Gasteiger partial charge in [-0.15, -0.1) is 13.2 Å². The highest BCUT2D eigenvalue weighted by Crippen LogP contribution is 2.46. The summed E-state index contributed by atoms with van der Waals surface area (Å²) < 4.78 is 0. The van der Waals surface area contributed by atoms with Gasteiger partial charge in [-0.3, -0.25) is 0 Å². The highest BCUT2D eigenvalue weighted by Gasteiger charge is 2.38. The zero-order valence-electron chi connectivity index (χ0n) is 24.4. The highest BCUT2D eigenvalue weighted by atomic mass is 16.3. The first-order valence-electron chi connectivity index (χ1n) is 13.4. The van der Waals surface area contributed by atoms with Crippen LogP contribution < -0.4 is 0 Å². The monoisotopic (exact) mass is 474 g/mol. The van der Waals surface area contributed by atoms with Crippen LogP contribution in [-0.4, -0.2) is 21.4 Å². The van der Waals surface area contributed by atoms with E-state index in [1.54, 1.807) is 12.2 Å². The van der Waals surface area contributed by atoms with Crippen LogP contribution in [0, 0.1) is 22.7 Å². The lowest BCUT2D eigenvalue weighted by Gasteiger charge is -2.44. The van der Waals surface area contributed by atoms with Crippen molar-refractivity contribution in [3.05, 3.63) is 48.6 Å². The molecule has 4 unspecified atom stereocenters. The molecule has 0 rings (SSSR count). The lowest BCUT2D eigenvalue weighted by molar-refractivity contribution is 0.0577. The quantitative estimate of drug-likeness (QED) is 0.232. The highest BCUT2D eigenvalue weighted by molar-refractivity contribution is 5.04. The first-order valence-corrected chi connectivity index (χ1v) is 13.4. The Morgan fingerprint density at radius 2 is 0.941 bits per heavy atom. The van der Waals surface area contributed by atoms with Gasteiger partial charge in [0.1, 0.15) is 0 Å². The van der Waals surface area contributed by atoms with E-state index < -0.39 is 11.2 Å². The summed E-state index contributed by atoms with van der Waals surface area (Å²) in [5, 5.41) is 20.3. The molecule has 0 fully saturated rings. The lowest BCUT2D eigenvalue weighted by atomic mass is 9.61. The minimum atomic E-state index is -0.783. The lowest BCUT2D eigenvalue weighted by Crippen LogP contribution is -2.36. The molecule has 0 radical (unpaired) electrons. The molecular formula is C32H58O2. The predicted octanol–water partition coefficient (Wildman–Crippen LogP) is 9.20. The average Bonchev–Trinajstić information content (AvgIpc) is 2.68. The largest absolute Gasteiger partial charge is 0.386 e. The van der Waals surface area contributed by atoms with Crippen molar-refractivity contribution in [3.63, 3.8) is 0 Å². The van der Waals surface area contributed by atoms with Crippen molar-refractivity contribution < 1.29 is 10.2 Å². The predicted molar refractivity (Wildman–Crippen MR) is 152 cm³/mol. The molecule has 2 nitrogen and oxygen atoms in total. The Bertz CT molecular complexity index is 617. The van der Waals surface area contributed by atoms with Gasteiger partial charge in [0.2, 0.25) is 0 Å². The van der Waals surface area contributed by atoms with Crippen molar-refractivity contribution in [2.24, 2.45) is 22.7 Å². The molecule has 198 valence electrons. The first kappa shape index (κ1) is 32.9. The topological polar surface area (TPSA) is 40.5 Å². The Balaban J connectivity index is 5.29. The van der Waals surface area contributed by atoms with Crippen LogP contribution in [0.3, 0.4) is 0 Å². The van der Waals surface area contributed by atoms with Crippen LogP contribution in [0.1, 0.15) is 121 Å². The molecule has 2 N–H and O–H groups in total. The third kappa shape index (κ3) is 13.7. The van der Waals surface area contributed by atoms with Gasteiger partial charge in [-0.25, -0.2) is 0 Å². The minimum absolute atomic E-state index is 0.241. The summed E-state index contributed by atoms with van der Waals surface area (Å²) in [5.74, 6) is 1.25. The molecule has 0 spiro atoms. The Hall–Kier alpha value is -1.12. The van der Waals surface area contributed by atoms with Gasteiger partial charge in [-0.2, -0.15) is 0 Å². The number of rotatable bonds is 15. The molecule has 0 aliphatic heterocycles. The second kappa shape index (κ2) is 13.8. The third-order valence-corrected chi connectivity index (χ3v) is 7.58. The second-order valence-corrected chi connectivity index (χ2v) is 13.3. The maximum absolute atomic E-state index is 10.2. The van der Waals surface area contributed by atoms with Crippen molar-refractivity contribution in [3.8, 4) is 0 Å². The Morgan fingerprint density at radius 1 is 0.647 bits per heavy atom. The van der Waals surface area contributed by atoms with Crippen LogP contribution in [0.4, 0.5) is 0 Å². The molecule has 0 aliphatic carbocycles. The molecule has 0 saturated carbocycles. The van der Waals surface area contributed by atoms with Crippen LogP contribution in [0.15, 0.2) is 48.6 Å². The molecule has 0 aliphatic rings. The number of allylic oxidation sites excluding steroid dienone is 4. The van der Waals surface area contributed by atoms with Gasteiger partial charge in [0.25, 0.3) is 0 Å². The van der Waals surface area contributed by atoms with E-state index in [0.717, 1.165) is 38.5 Å². The van der Waals surface area contributed by atoms with Crippen LogP contribution >= 0.6 is 0 Å². The molecule has 0 saturated heterocycles. The standard InChI is InChI=1S/C32H58O2/c1-13-31(11,33)23-15-17-25(3)19-21-27(29(5,6)7)28(30(8,9)10)22-20-26(4)18-16-24-32(12,34)14-2/h13-14,17-18,27-28,33-34H,1-2,15-16,19-24H2,3-12H3/b25-17-,26-18-. The van der Waals surface area contributed by atoms with E-state index in [9.17, 15) is 10.2 Å². The summed E-state index contributed by atoms with van der Waals surface area (Å²) >= 11 is 0. The van der Waals surface area contributed by atoms with Gasteiger partial charge in [0.15, 0.2) is 0 Å². The van der Waals surface area contributed by atoms with E-state index in [2.05, 4.69) is 80.7 Å². The van der Waals surface area contributed by atoms with Crippen molar-refractivity contribution in [1.82, 2.24) is 0 Å². The molecule has 0 heterocycles. The number of hydrogen-bond acceptors (Lipinski definition) is 2. The molecule has 2 heteroatoms. The van der Waals surface area contributed by atoms with Crippen LogP contribution in [0.5, 0.6) is 0 Å². The Morgan fingerprint density at radius 3 is 1.18 bits per heavy atom. The molecule has 0 aromatic heterocycles. The Kier molecular flexibility index (Phi) is 13.4. The first-order chi connectivity index (χ1) is 15.3. The number of hydrogen-bond donors (Lipinski definition) is 2. The van der Waals surface area contributed by atoms with E-state index in [1.165, 1.54) is 24.0 Å². The van der Waals surface area contributed by atoms with Crippen molar-refractivity contribution in [2.75, 3.05) is 0 Å². The van der Waals surface area contributed by atoms with Gasteiger partial charge in [-0.1, -0.05) is 77.0 Å². The van der Waals surface area contributed by atoms with E-state index >= 15 is 0 Å². The van der Waals surface area contributed by atoms with Gasteiger partial charge >= 0.3 is 0 Å². The van der Waals surface area contributed by atoms with E-state index in [1.807, 2.05) is 13.8 Å². The van der Waals surface area contributed by atoms with E-state index in [0.29, 0.717) is 11.8 Å². The zero-order valence-corrected chi connectivity index (χ0v) is 24.4. The molecule has 0 aromatic rings. The van der Waals surface area contributed by atoms with Gasteiger partial charge in [-0.05, 0) is 102 Å². The molecule has 34 heavy (non-hydrogen) atoms. The van der Waals surface area contributed by atoms with Gasteiger partial charge in [0.05, 0.1) is 11.2 Å². The maximum atomic E-state index is 10.2. The SMILES string of the molecule is C=CC(C)(O)CC/C=C(/C)CCC(C(CC/C(C)=C\CCC(C)(O)C=C)C(C)(C)C)C(C)(C)C. The zero-order chi connectivity index (χ0) is 26.8. The molecule has 0 aromatic carbocycles. The summed E-state index contributed by atoms with van der Waals surface area (Å²) in [6.45, 7) is 30.0. The summed E-state index contributed by atoms with van der Waals surface area (Å²) in [5.41, 5.74) is 1.76. The summed E-state index contributed by atoms with van der Waals surface area (Å²) in [4.78, 5) is 0. The molecular weight excluding hydrogens is 416 g/mol. The second-order valence-electron chi connectivity index (χ2n) is 13.3. The smallest absolute Gasteiger partial charge is 0.0800 e. The fourth-order valence-corrected chi connectivity index (χ4v) is 4.87. The van der Waals surface area contributed by atoms with Crippen LogP contribution in [-0.2, 0) is 0 Å². The minimum Gasteiger partial charge on any atom is -0.386 e. The van der Waals surface area contributed by atoms with Crippen molar-refractivity contribution in [1.29, 1.82) is 0 Å². The van der Waals surface area contributed by atoms with Crippen LogP contribution in [0.2, 0.25) is 0 Å². The third-order valence-electron chi connectivity index (χ3n) is 7.58. The fraction of sp³-hybridized carbons (Fsp3) is 0.750. The normalized spacial score (nSPS) is 19.2. The summed E-state index contributed by atoms with van der Waals surface area (Å²) in [6, 6.07) is 0. The Labute approximate surface area is 213 Å². The van der Waals surface area contributed by atoms with E-state index in [4.69, 9.17) is 0 Å². The van der Waals surface area contributed by atoms with E-state index in [-0.39, 0.29) is 10.8 Å². The molecule has 0 amide bonds. The molecule has 4 atom stereocenters. The van der Waals surface area contributed by atoms with Crippen molar-refractivity contribution in [2.45, 2.75) is 132 Å². The summed E-state index contributed by atoms with van der Waals surface area (Å²) in [6.07, 6.45) is 15.7. The van der Waals surface area contributed by atoms with Crippen molar-refractivity contribution >= 4 is 0 Å². The van der Waals surface area contributed by atoms with Gasteiger partial charge < -0.3 is 10.2 Å². The number of aliphatic hydroxyl groups is 2. The molecule has 0 bridgehead atoms.